The smallest absolute Gasteiger partial charge is 0.414 e. The van der Waals surface area contributed by atoms with Crippen molar-refractivity contribution in [2.75, 3.05) is 20.3 Å². The lowest BCUT2D eigenvalue weighted by atomic mass is 9.50. The Morgan fingerprint density at radius 1 is 1.19 bits per heavy atom. The van der Waals surface area contributed by atoms with E-state index < -0.39 is 0 Å². The Balaban J connectivity index is 1.68. The van der Waals surface area contributed by atoms with E-state index >= 15 is 0 Å². The van der Waals surface area contributed by atoms with E-state index in [1.165, 1.54) is 7.11 Å². The maximum atomic E-state index is 13.1. The van der Waals surface area contributed by atoms with Gasteiger partial charge in [0.2, 0.25) is 0 Å². The lowest BCUT2D eigenvalue weighted by Crippen LogP contribution is -2.58. The molecule has 6 nitrogen and oxygen atoms in total. The third-order valence-corrected chi connectivity index (χ3v) is 8.75. The van der Waals surface area contributed by atoms with Gasteiger partial charge in [-0.2, -0.15) is 0 Å². The third-order valence-electron chi connectivity index (χ3n) is 8.75. The molecule has 0 aromatic carbocycles. The molecule has 0 N–H and O–H groups in total. The summed E-state index contributed by atoms with van der Waals surface area (Å²) in [6.07, 6.45) is 10.4. The minimum atomic E-state index is -0.384. The summed E-state index contributed by atoms with van der Waals surface area (Å²) in [4.78, 5) is 39.6. The molecule has 0 aromatic rings. The van der Waals surface area contributed by atoms with Gasteiger partial charge in [-0.05, 0) is 61.3 Å². The number of hydrogen-bond donors (Lipinski definition) is 0. The second-order valence-electron chi connectivity index (χ2n) is 10.2. The molecule has 0 aromatic heterocycles. The molecular formula is C25H35NO5. The molecule has 4 aliphatic rings. The van der Waals surface area contributed by atoms with E-state index in [2.05, 4.69) is 20.8 Å². The number of fused-ring (bicyclic) bond motifs is 5. The number of ether oxygens (including phenoxy) is 2. The van der Waals surface area contributed by atoms with Crippen LogP contribution in [0, 0.1) is 34.5 Å². The number of esters is 1. The third kappa shape index (κ3) is 3.42. The number of allylic oxidation sites excluding steroid dienone is 3. The molecule has 6 atom stereocenters. The first-order chi connectivity index (χ1) is 14.8. The van der Waals surface area contributed by atoms with Gasteiger partial charge >= 0.3 is 12.1 Å². The van der Waals surface area contributed by atoms with Crippen molar-refractivity contribution >= 4 is 17.8 Å². The van der Waals surface area contributed by atoms with Gasteiger partial charge in [-0.15, -0.1) is 0 Å². The quantitative estimate of drug-likeness (QED) is 0.486. The Kier molecular flexibility index (Phi) is 5.78. The topological polar surface area (TPSA) is 72.9 Å². The number of rotatable bonds is 4. The number of nitrogens with zero attached hydrogens (tertiary/aromatic N) is 1. The summed E-state index contributed by atoms with van der Waals surface area (Å²) < 4.78 is 10.7. The van der Waals surface area contributed by atoms with Crippen LogP contribution in [0.3, 0.4) is 0 Å². The number of hydrogen-bond acceptors (Lipinski definition) is 5. The number of piperidine rings is 1. The van der Waals surface area contributed by atoms with Gasteiger partial charge in [0.15, 0.2) is 5.78 Å². The van der Waals surface area contributed by atoms with Crippen LogP contribution in [-0.2, 0) is 19.1 Å². The van der Waals surface area contributed by atoms with E-state index in [1.807, 2.05) is 6.08 Å². The molecule has 1 heterocycles. The molecule has 170 valence electrons. The fourth-order valence-electron chi connectivity index (χ4n) is 7.04. The number of amides is 1. The largest absolute Gasteiger partial charge is 0.469 e. The molecule has 2 saturated carbocycles. The van der Waals surface area contributed by atoms with Crippen molar-refractivity contribution in [3.8, 4) is 0 Å². The van der Waals surface area contributed by atoms with Crippen molar-refractivity contribution in [3.63, 3.8) is 0 Å². The first kappa shape index (κ1) is 22.1. The minimum Gasteiger partial charge on any atom is -0.469 e. The number of carbonyl (C=O) groups is 3. The number of unbranched alkanes of at least 4 members (excludes halogenated alkanes) is 1. The normalized spacial score (nSPS) is 38.6. The van der Waals surface area contributed by atoms with E-state index in [0.29, 0.717) is 25.0 Å². The van der Waals surface area contributed by atoms with Gasteiger partial charge in [-0.3, -0.25) is 14.5 Å². The highest BCUT2D eigenvalue weighted by Crippen LogP contribution is 2.64. The van der Waals surface area contributed by atoms with Crippen LogP contribution >= 0.6 is 0 Å². The lowest BCUT2D eigenvalue weighted by Gasteiger charge is -2.58. The van der Waals surface area contributed by atoms with Crippen molar-refractivity contribution in [2.24, 2.45) is 34.5 Å². The molecule has 0 spiro atoms. The molecule has 31 heavy (non-hydrogen) atoms. The van der Waals surface area contributed by atoms with Crippen LogP contribution in [0.2, 0.25) is 0 Å². The standard InChI is InChI=1S/C25H35NO5/c1-5-6-13-31-23(29)26-15-17-18-7-8-20(22(28)30-4)24(18,2)12-10-19(17)25(3)11-9-16(27)14-21(25)26/h9,11,14,17-20H,5-8,10,12-13,15H2,1-4H3/t17-,18-,19+,20?,24-,25+/m0/s1. The highest BCUT2D eigenvalue weighted by Gasteiger charge is 2.62. The first-order valence-corrected chi connectivity index (χ1v) is 11.7. The summed E-state index contributed by atoms with van der Waals surface area (Å²) in [6.45, 7) is 7.39. The van der Waals surface area contributed by atoms with Crippen molar-refractivity contribution in [2.45, 2.75) is 59.3 Å². The number of ketones is 1. The number of carbonyl (C=O) groups excluding carboxylic acids is 3. The number of likely N-dealkylation sites (tertiary alicyclic amines) is 1. The minimum absolute atomic E-state index is 0.0791. The maximum Gasteiger partial charge on any atom is 0.414 e. The molecule has 4 rings (SSSR count). The molecule has 1 amide bonds. The van der Waals surface area contributed by atoms with Gasteiger partial charge < -0.3 is 9.47 Å². The van der Waals surface area contributed by atoms with E-state index in [4.69, 9.17) is 9.47 Å². The van der Waals surface area contributed by atoms with E-state index in [1.54, 1.807) is 17.1 Å². The summed E-state index contributed by atoms with van der Waals surface area (Å²) in [5.74, 6) is 0.659. The summed E-state index contributed by atoms with van der Waals surface area (Å²) >= 11 is 0. The van der Waals surface area contributed by atoms with Gasteiger partial charge in [0, 0.05) is 23.7 Å². The zero-order valence-corrected chi connectivity index (χ0v) is 19.2. The zero-order valence-electron chi connectivity index (χ0n) is 19.2. The molecule has 0 bridgehead atoms. The van der Waals surface area contributed by atoms with E-state index in [0.717, 1.165) is 44.2 Å². The molecule has 1 unspecified atom stereocenters. The second-order valence-corrected chi connectivity index (χ2v) is 10.2. The van der Waals surface area contributed by atoms with Crippen molar-refractivity contribution in [1.82, 2.24) is 4.90 Å². The van der Waals surface area contributed by atoms with Crippen molar-refractivity contribution < 1.29 is 23.9 Å². The molecule has 1 aliphatic heterocycles. The average Bonchev–Trinajstić information content (AvgIpc) is 3.10. The fraction of sp³-hybridized carbons (Fsp3) is 0.720. The van der Waals surface area contributed by atoms with Gasteiger partial charge in [0.1, 0.15) is 0 Å². The summed E-state index contributed by atoms with van der Waals surface area (Å²) in [7, 11) is 1.47. The zero-order chi connectivity index (χ0) is 22.4. The molecule has 3 fully saturated rings. The van der Waals surface area contributed by atoms with Crippen LogP contribution in [0.25, 0.3) is 0 Å². The highest BCUT2D eigenvalue weighted by molar-refractivity contribution is 6.01. The predicted octanol–water partition coefficient (Wildman–Crippen LogP) is 4.50. The maximum absolute atomic E-state index is 13.1. The fourth-order valence-corrected chi connectivity index (χ4v) is 7.04. The van der Waals surface area contributed by atoms with Gasteiger partial charge in [-0.1, -0.05) is 33.3 Å². The van der Waals surface area contributed by atoms with E-state index in [9.17, 15) is 14.4 Å². The SMILES string of the molecule is CCCCOC(=O)N1C[C@@H]2[C@@H](CC[C@]3(C)C(C(=O)OC)CC[C@@H]23)[C@@]2(C)C=CC(=O)C=C12. The van der Waals surface area contributed by atoms with Crippen LogP contribution in [0.4, 0.5) is 4.79 Å². The Bertz CT molecular complexity index is 832. The molecule has 1 saturated heterocycles. The lowest BCUT2D eigenvalue weighted by molar-refractivity contribution is -0.152. The Labute approximate surface area is 185 Å². The van der Waals surface area contributed by atoms with Crippen molar-refractivity contribution in [3.05, 3.63) is 23.9 Å². The van der Waals surface area contributed by atoms with Crippen LogP contribution < -0.4 is 0 Å². The van der Waals surface area contributed by atoms with Crippen LogP contribution in [0.15, 0.2) is 23.9 Å². The first-order valence-electron chi connectivity index (χ1n) is 11.7. The average molecular weight is 430 g/mol. The monoisotopic (exact) mass is 429 g/mol. The summed E-state index contributed by atoms with van der Waals surface area (Å²) in [6, 6.07) is 0. The second kappa shape index (κ2) is 8.10. The number of methoxy groups -OCH3 is 1. The van der Waals surface area contributed by atoms with Gasteiger partial charge in [0.05, 0.1) is 19.6 Å². The van der Waals surface area contributed by atoms with Gasteiger partial charge in [-0.25, -0.2) is 4.79 Å². The molecule has 3 aliphatic carbocycles. The van der Waals surface area contributed by atoms with Crippen molar-refractivity contribution in [1.29, 1.82) is 0 Å². The summed E-state index contributed by atoms with van der Waals surface area (Å²) in [5.41, 5.74) is 0.275. The highest BCUT2D eigenvalue weighted by atomic mass is 16.6. The Morgan fingerprint density at radius 2 is 1.97 bits per heavy atom. The molecular weight excluding hydrogens is 394 g/mol. The van der Waals surface area contributed by atoms with E-state index in [-0.39, 0.29) is 40.5 Å². The Morgan fingerprint density at radius 3 is 2.68 bits per heavy atom. The summed E-state index contributed by atoms with van der Waals surface area (Å²) in [5, 5.41) is 0. The van der Waals surface area contributed by atoms with Gasteiger partial charge in [0.25, 0.3) is 0 Å². The van der Waals surface area contributed by atoms with Crippen LogP contribution in [0.1, 0.15) is 59.3 Å². The van der Waals surface area contributed by atoms with Crippen LogP contribution in [-0.4, -0.2) is 43.0 Å². The molecule has 6 heteroatoms. The van der Waals surface area contributed by atoms with Crippen LogP contribution in [0.5, 0.6) is 0 Å². The predicted molar refractivity (Wildman–Crippen MR) is 116 cm³/mol. The Hall–Kier alpha value is -2.11. The molecule has 0 radical (unpaired) electrons.